The van der Waals surface area contributed by atoms with Crippen molar-refractivity contribution in [1.82, 2.24) is 14.9 Å². The van der Waals surface area contributed by atoms with Crippen molar-refractivity contribution < 1.29 is 4.79 Å². The highest BCUT2D eigenvalue weighted by molar-refractivity contribution is 5.91. The predicted octanol–water partition coefficient (Wildman–Crippen LogP) is 4.95. The lowest BCUT2D eigenvalue weighted by Crippen LogP contribution is -2.38. The molecule has 1 aliphatic heterocycles. The van der Waals surface area contributed by atoms with E-state index < -0.39 is 0 Å². The van der Waals surface area contributed by atoms with Gasteiger partial charge in [-0.3, -0.25) is 4.79 Å². The van der Waals surface area contributed by atoms with Crippen LogP contribution >= 0.6 is 0 Å². The Kier molecular flexibility index (Phi) is 6.18. The number of hydrogen-bond donors (Lipinski definition) is 1. The number of benzene rings is 1. The van der Waals surface area contributed by atoms with Gasteiger partial charge in [0.25, 0.3) is 0 Å². The number of pyridine rings is 2. The molecule has 2 aromatic heterocycles. The first-order valence-corrected chi connectivity index (χ1v) is 10.4. The number of hydrogen-bond acceptors (Lipinski definition) is 4. The number of likely N-dealkylation sites (tertiary alicyclic amines) is 1. The Balaban J connectivity index is 1.43. The van der Waals surface area contributed by atoms with E-state index in [9.17, 15) is 4.79 Å². The summed E-state index contributed by atoms with van der Waals surface area (Å²) < 4.78 is 0. The number of aromatic nitrogens is 2. The minimum atomic E-state index is 0.0695. The Hall–Kier alpha value is -3.47. The number of anilines is 2. The summed E-state index contributed by atoms with van der Waals surface area (Å²) in [7, 11) is 0. The van der Waals surface area contributed by atoms with Crippen molar-refractivity contribution in [3.05, 3.63) is 89.8 Å². The summed E-state index contributed by atoms with van der Waals surface area (Å²) in [5, 5.41) is 3.31. The van der Waals surface area contributed by atoms with Gasteiger partial charge in [-0.1, -0.05) is 36.4 Å². The lowest BCUT2D eigenvalue weighted by molar-refractivity contribution is -0.127. The van der Waals surface area contributed by atoms with Crippen LogP contribution in [0.15, 0.2) is 73.1 Å². The van der Waals surface area contributed by atoms with Crippen LogP contribution in [0.2, 0.25) is 0 Å². The lowest BCUT2D eigenvalue weighted by atomic mass is 9.91. The van der Waals surface area contributed by atoms with Crippen molar-refractivity contribution in [3.8, 4) is 0 Å². The van der Waals surface area contributed by atoms with Crippen LogP contribution in [-0.4, -0.2) is 33.9 Å². The largest absolute Gasteiger partial charge is 0.339 e. The predicted molar refractivity (Wildman–Crippen MR) is 121 cm³/mol. The van der Waals surface area contributed by atoms with Crippen LogP contribution in [0.3, 0.4) is 0 Å². The molecule has 0 aliphatic carbocycles. The smallest absolute Gasteiger partial charge is 0.246 e. The van der Waals surface area contributed by atoms with E-state index in [0.717, 1.165) is 48.7 Å². The van der Waals surface area contributed by atoms with Crippen molar-refractivity contribution in [2.24, 2.45) is 0 Å². The maximum absolute atomic E-state index is 12.7. The third-order valence-corrected chi connectivity index (χ3v) is 5.46. The van der Waals surface area contributed by atoms with Gasteiger partial charge < -0.3 is 10.2 Å². The van der Waals surface area contributed by atoms with Crippen molar-refractivity contribution in [3.63, 3.8) is 0 Å². The molecule has 1 saturated heterocycles. The molecule has 1 fully saturated rings. The molecular formula is C25H26N4O. The molecule has 0 radical (unpaired) electrons. The minimum Gasteiger partial charge on any atom is -0.339 e. The zero-order chi connectivity index (χ0) is 20.8. The third kappa shape index (κ3) is 4.92. The Bertz CT molecular complexity index is 1030. The molecule has 0 spiro atoms. The summed E-state index contributed by atoms with van der Waals surface area (Å²) in [6.07, 6.45) is 9.23. The molecule has 3 heterocycles. The maximum atomic E-state index is 12.7. The van der Waals surface area contributed by atoms with Crippen LogP contribution < -0.4 is 5.32 Å². The normalized spacial score (nSPS) is 16.6. The first-order valence-electron chi connectivity index (χ1n) is 10.4. The second-order valence-corrected chi connectivity index (χ2v) is 7.64. The fourth-order valence-corrected chi connectivity index (χ4v) is 3.79. The lowest BCUT2D eigenvalue weighted by Gasteiger charge is -2.32. The van der Waals surface area contributed by atoms with Crippen LogP contribution in [-0.2, 0) is 4.79 Å². The molecule has 0 bridgehead atoms. The van der Waals surface area contributed by atoms with Gasteiger partial charge in [-0.15, -0.1) is 0 Å². The summed E-state index contributed by atoms with van der Waals surface area (Å²) in [6.45, 7) is 3.55. The highest BCUT2D eigenvalue weighted by Crippen LogP contribution is 2.29. The number of carbonyl (C=O) groups excluding carboxylic acids is 1. The Morgan fingerprint density at radius 3 is 2.80 bits per heavy atom. The van der Waals surface area contributed by atoms with Gasteiger partial charge in [-0.25, -0.2) is 9.97 Å². The summed E-state index contributed by atoms with van der Waals surface area (Å²) in [5.74, 6) is 1.97. The molecule has 152 valence electrons. The van der Waals surface area contributed by atoms with E-state index in [4.69, 9.17) is 0 Å². The van der Waals surface area contributed by atoms with Crippen molar-refractivity contribution in [2.75, 3.05) is 18.4 Å². The van der Waals surface area contributed by atoms with Gasteiger partial charge in [0.2, 0.25) is 5.91 Å². The molecule has 3 aromatic rings. The second-order valence-electron chi connectivity index (χ2n) is 7.64. The molecule has 1 amide bonds. The number of amides is 1. The van der Waals surface area contributed by atoms with Gasteiger partial charge in [0.1, 0.15) is 11.6 Å². The van der Waals surface area contributed by atoms with Crippen molar-refractivity contribution in [1.29, 1.82) is 0 Å². The standard InChI is InChI=1S/C25H26N4O/c1-19-7-5-14-27-25(19)28-23-17-21(13-15-26-23)22-10-6-16-29(18-22)24(30)12-11-20-8-3-2-4-9-20/h2-5,7-9,11-15,17,22H,6,10,16,18H2,1H3,(H,26,27,28)/b12-11+/t22-/m1/s1. The summed E-state index contributed by atoms with van der Waals surface area (Å²) in [4.78, 5) is 23.5. The molecule has 0 saturated carbocycles. The van der Waals surface area contributed by atoms with E-state index in [1.807, 2.05) is 66.6 Å². The Morgan fingerprint density at radius 1 is 1.10 bits per heavy atom. The van der Waals surface area contributed by atoms with Gasteiger partial charge in [0, 0.05) is 37.5 Å². The first-order chi connectivity index (χ1) is 14.7. The highest BCUT2D eigenvalue weighted by Gasteiger charge is 2.24. The number of carbonyl (C=O) groups is 1. The number of nitrogens with zero attached hydrogens (tertiary/aromatic N) is 3. The number of piperidine rings is 1. The molecule has 0 unspecified atom stereocenters. The van der Waals surface area contributed by atoms with Crippen LogP contribution in [0, 0.1) is 6.92 Å². The summed E-state index contributed by atoms with van der Waals surface area (Å²) in [6, 6.07) is 18.0. The van der Waals surface area contributed by atoms with Crippen LogP contribution in [0.4, 0.5) is 11.6 Å². The zero-order valence-corrected chi connectivity index (χ0v) is 17.2. The molecule has 5 heteroatoms. The van der Waals surface area contributed by atoms with E-state index in [0.29, 0.717) is 5.92 Å². The molecule has 1 aromatic carbocycles. The number of aryl methyl sites for hydroxylation is 1. The van der Waals surface area contributed by atoms with Crippen LogP contribution in [0.1, 0.15) is 35.4 Å². The quantitative estimate of drug-likeness (QED) is 0.618. The average Bonchev–Trinajstić information content (AvgIpc) is 2.80. The molecule has 1 atom stereocenters. The van der Waals surface area contributed by atoms with Gasteiger partial charge >= 0.3 is 0 Å². The zero-order valence-electron chi connectivity index (χ0n) is 17.2. The molecule has 5 nitrogen and oxygen atoms in total. The molecule has 1 N–H and O–H groups in total. The highest BCUT2D eigenvalue weighted by atomic mass is 16.2. The molecule has 30 heavy (non-hydrogen) atoms. The van der Waals surface area contributed by atoms with Gasteiger partial charge in [-0.05, 0) is 60.7 Å². The second kappa shape index (κ2) is 9.35. The molecular weight excluding hydrogens is 372 g/mol. The van der Waals surface area contributed by atoms with E-state index in [1.54, 1.807) is 12.3 Å². The van der Waals surface area contributed by atoms with Gasteiger partial charge in [0.05, 0.1) is 0 Å². The fourth-order valence-electron chi connectivity index (χ4n) is 3.79. The third-order valence-electron chi connectivity index (χ3n) is 5.46. The Morgan fingerprint density at radius 2 is 1.97 bits per heavy atom. The first kappa shape index (κ1) is 19.8. The Labute approximate surface area is 177 Å². The number of nitrogens with one attached hydrogen (secondary N) is 1. The summed E-state index contributed by atoms with van der Waals surface area (Å²) in [5.41, 5.74) is 3.31. The maximum Gasteiger partial charge on any atom is 0.246 e. The van der Waals surface area contributed by atoms with E-state index >= 15 is 0 Å². The van der Waals surface area contributed by atoms with Crippen LogP contribution in [0.5, 0.6) is 0 Å². The van der Waals surface area contributed by atoms with E-state index in [1.165, 1.54) is 5.56 Å². The van der Waals surface area contributed by atoms with Crippen LogP contribution in [0.25, 0.3) is 6.08 Å². The fraction of sp³-hybridized carbons (Fsp3) is 0.240. The topological polar surface area (TPSA) is 58.1 Å². The summed E-state index contributed by atoms with van der Waals surface area (Å²) >= 11 is 0. The SMILES string of the molecule is Cc1cccnc1Nc1cc([C@@H]2CCCN(C(=O)/C=C/c3ccccc3)C2)ccn1. The average molecular weight is 399 g/mol. The van der Waals surface area contributed by atoms with Gasteiger partial charge in [-0.2, -0.15) is 0 Å². The minimum absolute atomic E-state index is 0.0695. The van der Waals surface area contributed by atoms with Crippen molar-refractivity contribution >= 4 is 23.6 Å². The monoisotopic (exact) mass is 398 g/mol. The number of rotatable bonds is 5. The molecule has 1 aliphatic rings. The van der Waals surface area contributed by atoms with Gasteiger partial charge in [0.15, 0.2) is 0 Å². The van der Waals surface area contributed by atoms with E-state index in [-0.39, 0.29) is 5.91 Å². The van der Waals surface area contributed by atoms with E-state index in [2.05, 4.69) is 27.4 Å². The molecule has 4 rings (SSSR count). The van der Waals surface area contributed by atoms with Crippen molar-refractivity contribution in [2.45, 2.75) is 25.7 Å².